The van der Waals surface area contributed by atoms with Gasteiger partial charge in [0.1, 0.15) is 11.3 Å². The average Bonchev–Trinajstić information content (AvgIpc) is 3.48. The van der Waals surface area contributed by atoms with Crippen molar-refractivity contribution in [3.63, 3.8) is 0 Å². The Kier molecular flexibility index (Phi) is 7.29. The summed E-state index contributed by atoms with van der Waals surface area (Å²) in [4.78, 5) is 5.22. The van der Waals surface area contributed by atoms with Crippen LogP contribution in [0.2, 0.25) is 0 Å². The predicted octanol–water partition coefficient (Wildman–Crippen LogP) is 3.33. The third-order valence-corrected chi connectivity index (χ3v) is 7.12. The smallest absolute Gasteiger partial charge is 0.146 e. The summed E-state index contributed by atoms with van der Waals surface area (Å²) in [6.45, 7) is 1.97. The zero-order valence-corrected chi connectivity index (χ0v) is 20.9. The Bertz CT molecular complexity index is 1630. The molecule has 4 heterocycles. The third kappa shape index (κ3) is 5.05. The molecule has 1 atom stereocenters. The molecule has 2 N–H and O–H groups in total. The lowest BCUT2D eigenvalue weighted by atomic mass is 10.1. The fourth-order valence-corrected chi connectivity index (χ4v) is 5.10. The largest absolute Gasteiger partial charge is 0.494 e. The summed E-state index contributed by atoms with van der Waals surface area (Å²) in [5.74, 6) is 7.42. The maximum atomic E-state index is 12.8. The first-order valence-corrected chi connectivity index (χ1v) is 12.3. The summed E-state index contributed by atoms with van der Waals surface area (Å²) < 4.78 is 22.0. The maximum absolute atomic E-state index is 12.8. The Morgan fingerprint density at radius 3 is 2.61 bits per heavy atom. The van der Waals surface area contributed by atoms with Crippen LogP contribution in [0.3, 0.4) is 0 Å². The van der Waals surface area contributed by atoms with Crippen LogP contribution in [0.1, 0.15) is 22.4 Å². The van der Waals surface area contributed by atoms with E-state index in [1.807, 2.05) is 68.8 Å². The minimum Gasteiger partial charge on any atom is -0.494 e. The van der Waals surface area contributed by atoms with E-state index in [1.54, 1.807) is 34.9 Å². The van der Waals surface area contributed by atoms with Gasteiger partial charge in [-0.15, -0.1) is 0 Å². The highest BCUT2D eigenvalue weighted by molar-refractivity contribution is 7.84. The monoisotopic (exact) mass is 499 g/mol. The van der Waals surface area contributed by atoms with Gasteiger partial charge in [0.05, 0.1) is 47.3 Å². The second-order valence-corrected chi connectivity index (χ2v) is 9.51. The van der Waals surface area contributed by atoms with E-state index < -0.39 is 10.8 Å². The minimum atomic E-state index is -1.17. The molecule has 4 aromatic heterocycles. The molecule has 1 aromatic carbocycles. The molecule has 0 radical (unpaired) electrons. The molecule has 36 heavy (non-hydrogen) atoms. The molecular weight excluding hydrogens is 474 g/mol. The van der Waals surface area contributed by atoms with Gasteiger partial charge in [-0.25, -0.2) is 4.52 Å². The van der Waals surface area contributed by atoms with E-state index in [0.29, 0.717) is 11.5 Å². The number of methoxy groups -OCH3 is 1. The van der Waals surface area contributed by atoms with E-state index in [4.69, 9.17) is 4.74 Å². The lowest BCUT2D eigenvalue weighted by Crippen LogP contribution is -2.00. The molecule has 0 fully saturated rings. The number of rotatable bonds is 5. The summed E-state index contributed by atoms with van der Waals surface area (Å²) in [6.07, 6.45) is 9.11. The van der Waals surface area contributed by atoms with Crippen molar-refractivity contribution in [2.24, 2.45) is 7.05 Å². The summed E-state index contributed by atoms with van der Waals surface area (Å²) in [5, 5.41) is 8.73. The van der Waals surface area contributed by atoms with Gasteiger partial charge in [0.2, 0.25) is 0 Å². The van der Waals surface area contributed by atoms with E-state index in [0.717, 1.165) is 43.9 Å². The molecule has 5 aromatic rings. The van der Waals surface area contributed by atoms with Gasteiger partial charge in [0.15, 0.2) is 0 Å². The molecule has 0 aliphatic carbocycles. The van der Waals surface area contributed by atoms with Gasteiger partial charge >= 0.3 is 0 Å². The topological polar surface area (TPSA) is 106 Å². The first-order valence-electron chi connectivity index (χ1n) is 11.0. The number of pyridine rings is 2. The number of hydrogen-bond acceptors (Lipinski definition) is 5. The Balaban J connectivity index is 0.00000304. The Labute approximate surface area is 211 Å². The molecule has 0 saturated carbocycles. The van der Waals surface area contributed by atoms with Gasteiger partial charge in [-0.1, -0.05) is 30.0 Å². The van der Waals surface area contributed by atoms with Crippen LogP contribution in [0.5, 0.6) is 5.75 Å². The van der Waals surface area contributed by atoms with E-state index >= 15 is 0 Å². The second kappa shape index (κ2) is 10.6. The zero-order valence-electron chi connectivity index (χ0n) is 20.1. The fraction of sp³-hybridized carbons (Fsp3) is 0.148. The second-order valence-electron chi connectivity index (χ2n) is 8.09. The molecule has 0 amide bonds. The lowest BCUT2D eigenvalue weighted by molar-refractivity contribution is 0.417. The van der Waals surface area contributed by atoms with Gasteiger partial charge < -0.3 is 10.2 Å². The number of ether oxygens (including phenoxy) is 1. The van der Waals surface area contributed by atoms with Crippen molar-refractivity contribution in [2.75, 3.05) is 7.11 Å². The fourth-order valence-electron chi connectivity index (χ4n) is 3.86. The maximum Gasteiger partial charge on any atom is 0.146 e. The molecule has 0 aliphatic heterocycles. The van der Waals surface area contributed by atoms with Crippen LogP contribution in [0.25, 0.3) is 16.6 Å². The quantitative estimate of drug-likeness (QED) is 0.345. The van der Waals surface area contributed by atoms with E-state index in [2.05, 4.69) is 27.0 Å². The highest BCUT2D eigenvalue weighted by Crippen LogP contribution is 2.29. The molecular formula is C27H25N5O3S. The highest BCUT2D eigenvalue weighted by atomic mass is 32.2. The van der Waals surface area contributed by atoms with E-state index in [9.17, 15) is 4.21 Å². The number of fused-ring (bicyclic) bond motifs is 1. The molecule has 0 aliphatic rings. The van der Waals surface area contributed by atoms with Gasteiger partial charge in [-0.05, 0) is 36.8 Å². The summed E-state index contributed by atoms with van der Waals surface area (Å²) in [5.41, 5.74) is 6.01. The molecule has 0 spiro atoms. The van der Waals surface area contributed by atoms with Crippen molar-refractivity contribution >= 4 is 16.3 Å². The molecule has 182 valence electrons. The normalized spacial score (nSPS) is 11.4. The zero-order chi connectivity index (χ0) is 24.4. The van der Waals surface area contributed by atoms with Crippen molar-refractivity contribution in [1.82, 2.24) is 24.4 Å². The van der Waals surface area contributed by atoms with Gasteiger partial charge in [-0.2, -0.15) is 10.2 Å². The molecule has 0 saturated heterocycles. The van der Waals surface area contributed by atoms with Crippen molar-refractivity contribution in [3.8, 4) is 28.7 Å². The van der Waals surface area contributed by atoms with Crippen LogP contribution >= 0.6 is 0 Å². The first-order chi connectivity index (χ1) is 17.0. The van der Waals surface area contributed by atoms with Crippen molar-refractivity contribution < 1.29 is 14.4 Å². The van der Waals surface area contributed by atoms with Crippen LogP contribution in [0.4, 0.5) is 0 Å². The summed E-state index contributed by atoms with van der Waals surface area (Å²) in [6, 6.07) is 13.4. The number of hydrogen-bond donors (Lipinski definition) is 0. The average molecular weight is 500 g/mol. The number of nitrogens with zero attached hydrogens (tertiary/aromatic N) is 5. The van der Waals surface area contributed by atoms with Crippen molar-refractivity contribution in [3.05, 3.63) is 95.8 Å². The molecule has 9 heteroatoms. The minimum absolute atomic E-state index is 0. The Hall–Kier alpha value is -4.26. The predicted molar refractivity (Wildman–Crippen MR) is 139 cm³/mol. The first kappa shape index (κ1) is 24.9. The van der Waals surface area contributed by atoms with Crippen LogP contribution in [-0.2, 0) is 23.6 Å². The van der Waals surface area contributed by atoms with Gasteiger partial charge in [0, 0.05) is 47.2 Å². The van der Waals surface area contributed by atoms with Crippen LogP contribution in [0, 0.1) is 18.8 Å². The third-order valence-electron chi connectivity index (χ3n) is 5.61. The number of aryl methyl sites for hydroxylation is 2. The molecule has 8 nitrogen and oxygen atoms in total. The van der Waals surface area contributed by atoms with Crippen LogP contribution in [-0.4, -0.2) is 41.2 Å². The summed E-state index contributed by atoms with van der Waals surface area (Å²) >= 11 is 0. The van der Waals surface area contributed by atoms with Crippen LogP contribution < -0.4 is 4.74 Å². The van der Waals surface area contributed by atoms with Gasteiger partial charge in [-0.3, -0.25) is 13.9 Å². The van der Waals surface area contributed by atoms with E-state index in [-0.39, 0.29) is 5.48 Å². The highest BCUT2D eigenvalue weighted by Gasteiger charge is 2.13. The Morgan fingerprint density at radius 2 is 1.86 bits per heavy atom. The Morgan fingerprint density at radius 1 is 1.03 bits per heavy atom. The SMILES string of the molecule is COc1cc(-c2cnn(C)c2)cn2ncc(C#Cc3ccnc(CS(=O)c4ccccc4C)c3)c12.O. The van der Waals surface area contributed by atoms with Crippen molar-refractivity contribution in [1.29, 1.82) is 0 Å². The standard InChI is InChI=1S/C27H23N5O2S.H2O/c1-19-6-4-5-7-26(19)35(33)18-24-12-20(10-11-28-24)8-9-21-14-30-32-17-22(13-25(34-3)27(21)32)23-15-29-31(2)16-23;/h4-7,10-17H,18H2,1-3H3;1H2. The summed E-state index contributed by atoms with van der Waals surface area (Å²) in [7, 11) is 2.34. The van der Waals surface area contributed by atoms with Gasteiger partial charge in [0.25, 0.3) is 0 Å². The number of benzene rings is 1. The number of aromatic nitrogens is 5. The van der Waals surface area contributed by atoms with Crippen LogP contribution in [0.15, 0.2) is 78.3 Å². The molecule has 5 rings (SSSR count). The molecule has 1 unspecified atom stereocenters. The van der Waals surface area contributed by atoms with Crippen molar-refractivity contribution in [2.45, 2.75) is 17.6 Å². The molecule has 0 bridgehead atoms. The van der Waals surface area contributed by atoms with E-state index in [1.165, 1.54) is 0 Å². The lowest BCUT2D eigenvalue weighted by Gasteiger charge is -2.06.